The summed E-state index contributed by atoms with van der Waals surface area (Å²) in [6.07, 6.45) is 1.76. The van der Waals surface area contributed by atoms with Crippen molar-refractivity contribution in [3.63, 3.8) is 0 Å². The average molecular weight is 463 g/mol. The highest BCUT2D eigenvalue weighted by atomic mass is 127. The molecule has 27 heavy (non-hydrogen) atoms. The third-order valence-corrected chi connectivity index (χ3v) is 5.70. The molecule has 0 saturated carbocycles. The van der Waals surface area contributed by atoms with E-state index in [4.69, 9.17) is 0 Å². The summed E-state index contributed by atoms with van der Waals surface area (Å²) >= 11 is 2.36. The summed E-state index contributed by atoms with van der Waals surface area (Å²) in [7, 11) is 0. The first-order valence-corrected chi connectivity index (χ1v) is 9.90. The lowest BCUT2D eigenvalue weighted by atomic mass is 10.0. The number of benzene rings is 3. The molecule has 0 fully saturated rings. The Hall–Kier alpha value is -2.66. The van der Waals surface area contributed by atoms with Gasteiger partial charge in [0.15, 0.2) is 0 Å². The van der Waals surface area contributed by atoms with Gasteiger partial charge in [-0.25, -0.2) is 0 Å². The number of carbonyl (C=O) groups is 1. The number of carbonyl (C=O) groups excluding carboxylic acids is 1. The van der Waals surface area contributed by atoms with Gasteiger partial charge in [0.05, 0.1) is 12.2 Å². The van der Waals surface area contributed by atoms with Gasteiger partial charge < -0.3 is 4.90 Å². The highest BCUT2D eigenvalue weighted by Gasteiger charge is 2.30. The van der Waals surface area contributed by atoms with Gasteiger partial charge in [-0.2, -0.15) is 0 Å². The van der Waals surface area contributed by atoms with Crippen LogP contribution in [0.3, 0.4) is 0 Å². The Bertz CT molecular complexity index is 1010. The van der Waals surface area contributed by atoms with Crippen LogP contribution >= 0.6 is 22.6 Å². The van der Waals surface area contributed by atoms with E-state index in [1.165, 1.54) is 0 Å². The van der Waals surface area contributed by atoms with Crippen molar-refractivity contribution in [3.05, 3.63) is 119 Å². The molecule has 0 spiro atoms. The number of hydrogen-bond donors (Lipinski definition) is 0. The monoisotopic (exact) mass is 463 g/mol. The molecular formula is C24H18INO. The molecule has 3 heteroatoms. The molecule has 1 heterocycles. The van der Waals surface area contributed by atoms with Gasteiger partial charge in [0.1, 0.15) is 0 Å². The van der Waals surface area contributed by atoms with Gasteiger partial charge in [0.25, 0.3) is 5.91 Å². The molecular weight excluding hydrogens is 445 g/mol. The Morgan fingerprint density at radius 1 is 0.778 bits per heavy atom. The lowest BCUT2D eigenvalue weighted by Gasteiger charge is -2.22. The normalized spacial score (nSPS) is 15.7. The fourth-order valence-electron chi connectivity index (χ4n) is 3.24. The first-order valence-electron chi connectivity index (χ1n) is 8.82. The van der Waals surface area contributed by atoms with Crippen LogP contribution in [-0.4, -0.2) is 10.8 Å². The number of allylic oxidation sites excluding steroid dienone is 1. The zero-order valence-corrected chi connectivity index (χ0v) is 16.8. The molecule has 0 atom stereocenters. The summed E-state index contributed by atoms with van der Waals surface area (Å²) in [5.41, 5.74) is 5.24. The maximum atomic E-state index is 12.9. The summed E-state index contributed by atoms with van der Waals surface area (Å²) in [6, 6.07) is 30.5. The molecule has 3 aromatic carbocycles. The van der Waals surface area contributed by atoms with Crippen LogP contribution < -0.4 is 0 Å². The largest absolute Gasteiger partial charge is 0.303 e. The van der Waals surface area contributed by atoms with Gasteiger partial charge >= 0.3 is 0 Å². The molecule has 3 aromatic rings. The molecule has 132 valence electrons. The van der Waals surface area contributed by atoms with Crippen molar-refractivity contribution in [2.75, 3.05) is 0 Å². The Labute approximate surface area is 173 Å². The number of halogens is 1. The van der Waals surface area contributed by atoms with Crippen molar-refractivity contribution in [1.82, 2.24) is 4.90 Å². The standard InChI is InChI=1S/C24H18INO/c25-23(20-14-8-3-9-15-20)24-21(19-12-6-2-7-13-19)16-22(27)26(24)17-18-10-4-1-5-11-18/h1-16H,17H2/b24-23+. The fourth-order valence-corrected chi connectivity index (χ4v) is 4.19. The molecule has 0 N–H and O–H groups in total. The van der Waals surface area contributed by atoms with Gasteiger partial charge in [0, 0.05) is 15.2 Å². The average Bonchev–Trinajstić information content (AvgIpc) is 3.06. The lowest BCUT2D eigenvalue weighted by molar-refractivity contribution is -0.123. The lowest BCUT2D eigenvalue weighted by Crippen LogP contribution is -2.24. The first kappa shape index (κ1) is 17.7. The van der Waals surface area contributed by atoms with Crippen LogP contribution in [0, 0.1) is 0 Å². The summed E-state index contributed by atoms with van der Waals surface area (Å²) < 4.78 is 1.07. The van der Waals surface area contributed by atoms with Gasteiger partial charge in [-0.15, -0.1) is 0 Å². The van der Waals surface area contributed by atoms with Crippen molar-refractivity contribution in [2.45, 2.75) is 6.54 Å². The summed E-state index contributed by atoms with van der Waals surface area (Å²) in [5.74, 6) is 0.0257. The number of amides is 1. The number of nitrogens with zero attached hydrogens (tertiary/aromatic N) is 1. The quantitative estimate of drug-likeness (QED) is 0.441. The highest BCUT2D eigenvalue weighted by molar-refractivity contribution is 14.1. The first-order chi connectivity index (χ1) is 13.2. The van der Waals surface area contributed by atoms with E-state index < -0.39 is 0 Å². The van der Waals surface area contributed by atoms with Crippen LogP contribution in [0.5, 0.6) is 0 Å². The molecule has 0 bridgehead atoms. The van der Waals surface area contributed by atoms with Crippen molar-refractivity contribution < 1.29 is 4.79 Å². The fraction of sp³-hybridized carbons (Fsp3) is 0.0417. The van der Waals surface area contributed by atoms with E-state index in [1.54, 1.807) is 6.08 Å². The molecule has 4 rings (SSSR count). The van der Waals surface area contributed by atoms with Crippen LogP contribution in [0.2, 0.25) is 0 Å². The topological polar surface area (TPSA) is 20.3 Å². The summed E-state index contributed by atoms with van der Waals surface area (Å²) in [6.45, 7) is 0.557. The van der Waals surface area contributed by atoms with E-state index in [0.29, 0.717) is 6.54 Å². The maximum absolute atomic E-state index is 12.9. The molecule has 2 nitrogen and oxygen atoms in total. The van der Waals surface area contributed by atoms with Gasteiger partial charge in [-0.1, -0.05) is 91.0 Å². The van der Waals surface area contributed by atoms with Gasteiger partial charge in [0.2, 0.25) is 0 Å². The Morgan fingerprint density at radius 2 is 1.33 bits per heavy atom. The minimum Gasteiger partial charge on any atom is -0.303 e. The van der Waals surface area contributed by atoms with E-state index >= 15 is 0 Å². The van der Waals surface area contributed by atoms with Gasteiger partial charge in [-0.05, 0) is 39.3 Å². The number of hydrogen-bond acceptors (Lipinski definition) is 1. The van der Waals surface area contributed by atoms with E-state index in [0.717, 1.165) is 31.5 Å². The van der Waals surface area contributed by atoms with Crippen LogP contribution in [-0.2, 0) is 11.3 Å². The molecule has 0 aliphatic carbocycles. The van der Waals surface area contributed by atoms with E-state index in [1.807, 2.05) is 59.5 Å². The minimum atomic E-state index is 0.0257. The van der Waals surface area contributed by atoms with E-state index in [-0.39, 0.29) is 5.91 Å². The molecule has 1 aliphatic rings. The van der Waals surface area contributed by atoms with Crippen LogP contribution in [0.15, 0.2) is 103 Å². The predicted molar refractivity (Wildman–Crippen MR) is 119 cm³/mol. The van der Waals surface area contributed by atoms with Gasteiger partial charge in [-0.3, -0.25) is 4.79 Å². The second kappa shape index (κ2) is 7.92. The number of rotatable bonds is 4. The van der Waals surface area contributed by atoms with Crippen LogP contribution in [0.25, 0.3) is 9.15 Å². The zero-order chi connectivity index (χ0) is 18.6. The summed E-state index contributed by atoms with van der Waals surface area (Å²) in [5, 5.41) is 0. The third kappa shape index (κ3) is 3.74. The molecule has 0 radical (unpaired) electrons. The molecule has 0 unspecified atom stereocenters. The predicted octanol–water partition coefficient (Wildman–Crippen LogP) is 5.92. The minimum absolute atomic E-state index is 0.0257. The molecule has 0 aromatic heterocycles. The Morgan fingerprint density at radius 3 is 1.96 bits per heavy atom. The van der Waals surface area contributed by atoms with Crippen LogP contribution in [0.1, 0.15) is 16.7 Å². The second-order valence-corrected chi connectivity index (χ2v) is 7.44. The molecule has 1 aliphatic heterocycles. The Balaban J connectivity index is 1.83. The second-order valence-electron chi connectivity index (χ2n) is 6.36. The van der Waals surface area contributed by atoms with Crippen molar-refractivity contribution in [1.29, 1.82) is 0 Å². The SMILES string of the molecule is O=C1C=C(c2ccccc2)/C(=C(\I)c2ccccc2)N1Cc1ccccc1. The smallest absolute Gasteiger partial charge is 0.252 e. The third-order valence-electron chi connectivity index (χ3n) is 4.56. The van der Waals surface area contributed by atoms with Crippen LogP contribution in [0.4, 0.5) is 0 Å². The summed E-state index contributed by atoms with van der Waals surface area (Å²) in [4.78, 5) is 14.8. The van der Waals surface area contributed by atoms with Crippen molar-refractivity contribution in [2.24, 2.45) is 0 Å². The van der Waals surface area contributed by atoms with Crippen molar-refractivity contribution >= 4 is 37.7 Å². The highest BCUT2D eigenvalue weighted by Crippen LogP contribution is 2.40. The Kier molecular flexibility index (Phi) is 5.21. The van der Waals surface area contributed by atoms with E-state index in [9.17, 15) is 4.79 Å². The van der Waals surface area contributed by atoms with Crippen molar-refractivity contribution in [3.8, 4) is 0 Å². The molecule has 0 saturated heterocycles. The van der Waals surface area contributed by atoms with E-state index in [2.05, 4.69) is 59.0 Å². The zero-order valence-electron chi connectivity index (χ0n) is 14.7. The molecule has 1 amide bonds. The maximum Gasteiger partial charge on any atom is 0.252 e.